The molecule has 2 nitrogen and oxygen atoms in total. The van der Waals surface area contributed by atoms with Crippen LogP contribution in [0, 0.1) is 0 Å². The fourth-order valence-corrected chi connectivity index (χ4v) is 4.49. The van der Waals surface area contributed by atoms with Crippen molar-refractivity contribution in [2.75, 3.05) is 7.11 Å². The quantitative estimate of drug-likeness (QED) is 0.557. The zero-order valence-corrected chi connectivity index (χ0v) is 12.4. The lowest BCUT2D eigenvalue weighted by Crippen LogP contribution is -2.11. The second-order valence-corrected chi connectivity index (χ2v) is 8.42. The van der Waals surface area contributed by atoms with Gasteiger partial charge in [-0.15, -0.1) is 0 Å². The zero-order valence-electron chi connectivity index (χ0n) is 9.82. The number of hydrogen-bond donors (Lipinski definition) is 0. The first-order valence-electron chi connectivity index (χ1n) is 5.47. The van der Waals surface area contributed by atoms with Gasteiger partial charge in [-0.05, 0) is 43.3 Å². The minimum atomic E-state index is -0.768. The highest BCUT2D eigenvalue weighted by molar-refractivity contribution is 6.56. The third-order valence-corrected chi connectivity index (χ3v) is 6.47. The highest BCUT2D eigenvalue weighted by Crippen LogP contribution is 2.12. The van der Waals surface area contributed by atoms with Crippen LogP contribution in [-0.2, 0) is 10.5 Å². The molecular weight excluding hydrogens is 220 g/mol. The average molecular weight is 240 g/mol. The van der Waals surface area contributed by atoms with Crippen molar-refractivity contribution in [1.29, 1.82) is 0 Å². The van der Waals surface area contributed by atoms with Gasteiger partial charge in [0, 0.05) is 0 Å². The SMILES string of the molecule is COc1ccc(CC[SiH2]O[SiH](C)C)cc1. The summed E-state index contributed by atoms with van der Waals surface area (Å²) in [5.41, 5.74) is 1.39. The van der Waals surface area contributed by atoms with Crippen molar-refractivity contribution < 1.29 is 8.85 Å². The van der Waals surface area contributed by atoms with E-state index in [0.717, 1.165) is 12.2 Å². The molecule has 0 aromatic heterocycles. The molecule has 0 bridgehead atoms. The lowest BCUT2D eigenvalue weighted by atomic mass is 10.2. The van der Waals surface area contributed by atoms with Gasteiger partial charge >= 0.3 is 0 Å². The van der Waals surface area contributed by atoms with E-state index >= 15 is 0 Å². The third kappa shape index (κ3) is 5.15. The summed E-state index contributed by atoms with van der Waals surface area (Å²) in [5.74, 6) is 0.932. The van der Waals surface area contributed by atoms with Crippen molar-refractivity contribution in [3.05, 3.63) is 29.8 Å². The first kappa shape index (κ1) is 12.5. The molecule has 84 valence electrons. The van der Waals surface area contributed by atoms with E-state index in [2.05, 4.69) is 25.2 Å². The van der Waals surface area contributed by atoms with E-state index in [9.17, 15) is 0 Å². The number of methoxy groups -OCH3 is 1. The predicted octanol–water partition coefficient (Wildman–Crippen LogP) is 1.74. The van der Waals surface area contributed by atoms with Crippen LogP contribution in [0.3, 0.4) is 0 Å². The Morgan fingerprint density at radius 2 is 1.87 bits per heavy atom. The number of benzene rings is 1. The van der Waals surface area contributed by atoms with Crippen LogP contribution in [0.4, 0.5) is 0 Å². The molecule has 0 fully saturated rings. The van der Waals surface area contributed by atoms with Gasteiger partial charge in [0.2, 0.25) is 0 Å². The summed E-state index contributed by atoms with van der Waals surface area (Å²) >= 11 is 0. The van der Waals surface area contributed by atoms with Crippen molar-refractivity contribution in [3.8, 4) is 5.75 Å². The monoisotopic (exact) mass is 240 g/mol. The van der Waals surface area contributed by atoms with E-state index < -0.39 is 9.04 Å². The average Bonchev–Trinajstić information content (AvgIpc) is 2.25. The molecule has 0 aliphatic carbocycles. The van der Waals surface area contributed by atoms with Crippen LogP contribution in [0.25, 0.3) is 0 Å². The lowest BCUT2D eigenvalue weighted by molar-refractivity contribution is 0.414. The minimum Gasteiger partial charge on any atom is -0.497 e. The Morgan fingerprint density at radius 3 is 2.40 bits per heavy atom. The molecule has 0 spiro atoms. The first-order chi connectivity index (χ1) is 7.22. The van der Waals surface area contributed by atoms with Crippen molar-refractivity contribution in [1.82, 2.24) is 0 Å². The van der Waals surface area contributed by atoms with Gasteiger partial charge in [-0.3, -0.25) is 0 Å². The summed E-state index contributed by atoms with van der Waals surface area (Å²) in [6.45, 7) is 4.47. The summed E-state index contributed by atoms with van der Waals surface area (Å²) in [7, 11) is 0.666. The summed E-state index contributed by atoms with van der Waals surface area (Å²) in [6.07, 6.45) is 1.15. The minimum absolute atomic E-state index is 0.264. The van der Waals surface area contributed by atoms with Crippen LogP contribution in [-0.4, -0.2) is 25.9 Å². The van der Waals surface area contributed by atoms with Crippen LogP contribution < -0.4 is 4.74 Å². The standard InChI is InChI=1S/C11H20O2Si2/c1-12-11-6-4-10(5-7-11)8-9-14-13-15(2)3/h4-7,15H,8-9,14H2,1-3H3. The molecule has 1 aromatic rings. The smallest absolute Gasteiger partial charge is 0.156 e. The normalized spacial score (nSPS) is 11.5. The maximum absolute atomic E-state index is 5.76. The first-order valence-corrected chi connectivity index (χ1v) is 9.82. The van der Waals surface area contributed by atoms with E-state index in [4.69, 9.17) is 8.85 Å². The van der Waals surface area contributed by atoms with E-state index in [0.29, 0.717) is 0 Å². The zero-order chi connectivity index (χ0) is 11.1. The van der Waals surface area contributed by atoms with Crippen molar-refractivity contribution >= 4 is 18.8 Å². The highest BCUT2D eigenvalue weighted by Gasteiger charge is 1.97. The molecule has 0 amide bonds. The van der Waals surface area contributed by atoms with E-state index in [-0.39, 0.29) is 9.76 Å². The molecule has 0 saturated heterocycles. The van der Waals surface area contributed by atoms with Gasteiger partial charge in [0.05, 0.1) is 7.11 Å². The lowest BCUT2D eigenvalue weighted by Gasteiger charge is -2.06. The Kier molecular flexibility index (Phi) is 5.67. The van der Waals surface area contributed by atoms with Crippen molar-refractivity contribution in [2.45, 2.75) is 25.6 Å². The van der Waals surface area contributed by atoms with Gasteiger partial charge in [-0.1, -0.05) is 12.1 Å². The second kappa shape index (κ2) is 6.82. The Morgan fingerprint density at radius 1 is 1.20 bits per heavy atom. The van der Waals surface area contributed by atoms with E-state index in [1.807, 2.05) is 12.1 Å². The van der Waals surface area contributed by atoms with Gasteiger partial charge in [0.15, 0.2) is 9.04 Å². The highest BCUT2D eigenvalue weighted by atomic mass is 28.3. The van der Waals surface area contributed by atoms with Crippen LogP contribution in [0.15, 0.2) is 24.3 Å². The fourth-order valence-electron chi connectivity index (χ4n) is 1.39. The number of hydrogen-bond acceptors (Lipinski definition) is 2. The van der Waals surface area contributed by atoms with Crippen molar-refractivity contribution in [3.63, 3.8) is 0 Å². The molecule has 1 rings (SSSR count). The molecule has 0 saturated carbocycles. The van der Waals surface area contributed by atoms with E-state index in [1.165, 1.54) is 11.6 Å². The second-order valence-electron chi connectivity index (χ2n) is 3.87. The number of rotatable bonds is 6. The molecule has 0 heterocycles. The molecule has 0 N–H and O–H groups in total. The Balaban J connectivity index is 2.25. The molecule has 0 unspecified atom stereocenters. The van der Waals surface area contributed by atoms with Crippen LogP contribution in [0.1, 0.15) is 5.56 Å². The Hall–Kier alpha value is -0.586. The molecule has 1 aromatic carbocycles. The Labute approximate surface area is 96.3 Å². The summed E-state index contributed by atoms with van der Waals surface area (Å²) in [4.78, 5) is 0. The molecule has 0 aliphatic rings. The van der Waals surface area contributed by atoms with Crippen LogP contribution in [0.2, 0.25) is 19.1 Å². The van der Waals surface area contributed by atoms with Gasteiger partial charge < -0.3 is 8.85 Å². The van der Waals surface area contributed by atoms with Crippen LogP contribution in [0.5, 0.6) is 5.75 Å². The summed E-state index contributed by atoms with van der Waals surface area (Å²) < 4.78 is 10.9. The number of aryl methyl sites for hydroxylation is 1. The van der Waals surface area contributed by atoms with E-state index in [1.54, 1.807) is 7.11 Å². The molecular formula is C11H20O2Si2. The fraction of sp³-hybridized carbons (Fsp3) is 0.455. The van der Waals surface area contributed by atoms with Crippen LogP contribution >= 0.6 is 0 Å². The molecule has 0 atom stereocenters. The molecule has 0 radical (unpaired) electrons. The van der Waals surface area contributed by atoms with Gasteiger partial charge in [0.25, 0.3) is 0 Å². The predicted molar refractivity (Wildman–Crippen MR) is 70.0 cm³/mol. The summed E-state index contributed by atoms with van der Waals surface area (Å²) in [6, 6.07) is 9.57. The largest absolute Gasteiger partial charge is 0.497 e. The molecule has 0 aliphatic heterocycles. The maximum atomic E-state index is 5.76. The molecule has 15 heavy (non-hydrogen) atoms. The summed E-state index contributed by atoms with van der Waals surface area (Å²) in [5, 5.41) is 0. The van der Waals surface area contributed by atoms with Gasteiger partial charge in [-0.25, -0.2) is 0 Å². The maximum Gasteiger partial charge on any atom is 0.156 e. The van der Waals surface area contributed by atoms with Crippen molar-refractivity contribution in [2.24, 2.45) is 0 Å². The Bertz CT molecular complexity index is 272. The number of ether oxygens (including phenoxy) is 1. The topological polar surface area (TPSA) is 18.5 Å². The third-order valence-electron chi connectivity index (χ3n) is 2.22. The van der Waals surface area contributed by atoms with Gasteiger partial charge in [-0.2, -0.15) is 0 Å². The molecule has 4 heteroatoms. The van der Waals surface area contributed by atoms with Gasteiger partial charge in [0.1, 0.15) is 15.5 Å².